The van der Waals surface area contributed by atoms with E-state index in [0.717, 1.165) is 43.7 Å². The number of benzene rings is 1. The fourth-order valence-electron chi connectivity index (χ4n) is 3.80. The minimum absolute atomic E-state index is 0.128. The number of likely N-dealkylation sites (tertiary alicyclic amines) is 1. The number of amides is 1. The second-order valence-electron chi connectivity index (χ2n) is 6.63. The SMILES string of the molecule is CCCC1CN(C(=O)c2ccccc2N2CCCC2)CC1N. The van der Waals surface area contributed by atoms with Crippen LogP contribution in [0, 0.1) is 5.92 Å². The van der Waals surface area contributed by atoms with Crippen LogP contribution >= 0.6 is 0 Å². The molecular weight excluding hydrogens is 274 g/mol. The first-order valence-electron chi connectivity index (χ1n) is 8.59. The van der Waals surface area contributed by atoms with Crippen molar-refractivity contribution in [2.24, 2.45) is 11.7 Å². The van der Waals surface area contributed by atoms with Crippen LogP contribution in [0.15, 0.2) is 24.3 Å². The highest BCUT2D eigenvalue weighted by Crippen LogP contribution is 2.28. The lowest BCUT2D eigenvalue weighted by Crippen LogP contribution is -2.33. The first kappa shape index (κ1) is 15.3. The summed E-state index contributed by atoms with van der Waals surface area (Å²) in [7, 11) is 0. The van der Waals surface area contributed by atoms with E-state index in [1.807, 2.05) is 23.1 Å². The normalized spacial score (nSPS) is 25.0. The van der Waals surface area contributed by atoms with Crippen molar-refractivity contribution in [1.82, 2.24) is 4.90 Å². The molecule has 22 heavy (non-hydrogen) atoms. The average Bonchev–Trinajstić information content (AvgIpc) is 3.18. The summed E-state index contributed by atoms with van der Waals surface area (Å²) < 4.78 is 0. The third kappa shape index (κ3) is 2.98. The predicted molar refractivity (Wildman–Crippen MR) is 90.2 cm³/mol. The Labute approximate surface area is 133 Å². The van der Waals surface area contributed by atoms with Gasteiger partial charge in [0.2, 0.25) is 0 Å². The zero-order valence-electron chi connectivity index (χ0n) is 13.5. The Kier molecular flexibility index (Phi) is 4.67. The van der Waals surface area contributed by atoms with Gasteiger partial charge in [0.25, 0.3) is 5.91 Å². The Morgan fingerprint density at radius 3 is 2.68 bits per heavy atom. The van der Waals surface area contributed by atoms with Crippen LogP contribution in [-0.2, 0) is 0 Å². The third-order valence-corrected chi connectivity index (χ3v) is 5.02. The highest BCUT2D eigenvalue weighted by Gasteiger charge is 2.33. The van der Waals surface area contributed by atoms with E-state index in [1.165, 1.54) is 12.8 Å². The zero-order valence-corrected chi connectivity index (χ0v) is 13.5. The molecule has 2 N–H and O–H groups in total. The van der Waals surface area contributed by atoms with Crippen LogP contribution in [-0.4, -0.2) is 43.0 Å². The molecule has 2 atom stereocenters. The lowest BCUT2D eigenvalue weighted by Gasteiger charge is -2.24. The first-order valence-corrected chi connectivity index (χ1v) is 8.59. The van der Waals surface area contributed by atoms with Gasteiger partial charge >= 0.3 is 0 Å². The van der Waals surface area contributed by atoms with E-state index in [9.17, 15) is 4.79 Å². The van der Waals surface area contributed by atoms with Crippen LogP contribution in [0.2, 0.25) is 0 Å². The van der Waals surface area contributed by atoms with Gasteiger partial charge in [-0.1, -0.05) is 25.5 Å². The zero-order chi connectivity index (χ0) is 15.5. The topological polar surface area (TPSA) is 49.6 Å². The molecule has 2 saturated heterocycles. The number of nitrogens with zero attached hydrogens (tertiary/aromatic N) is 2. The van der Waals surface area contributed by atoms with Crippen molar-refractivity contribution in [1.29, 1.82) is 0 Å². The Balaban J connectivity index is 1.78. The minimum Gasteiger partial charge on any atom is -0.371 e. The summed E-state index contributed by atoms with van der Waals surface area (Å²) in [6.07, 6.45) is 4.68. The maximum Gasteiger partial charge on any atom is 0.256 e. The summed E-state index contributed by atoms with van der Waals surface area (Å²) in [4.78, 5) is 17.3. The molecule has 0 aliphatic carbocycles. The lowest BCUT2D eigenvalue weighted by atomic mass is 9.99. The van der Waals surface area contributed by atoms with Gasteiger partial charge < -0.3 is 15.5 Å². The number of anilines is 1. The van der Waals surface area contributed by atoms with Crippen LogP contribution in [0.5, 0.6) is 0 Å². The van der Waals surface area contributed by atoms with E-state index < -0.39 is 0 Å². The largest absolute Gasteiger partial charge is 0.371 e. The molecule has 2 aliphatic rings. The standard InChI is InChI=1S/C18H27N3O/c1-2-7-14-12-21(13-16(14)19)18(22)15-8-3-4-9-17(15)20-10-5-6-11-20/h3-4,8-9,14,16H,2,5-7,10-13,19H2,1H3. The first-order chi connectivity index (χ1) is 10.7. The predicted octanol–water partition coefficient (Wildman–Crippen LogP) is 2.49. The Bertz CT molecular complexity index is 525. The van der Waals surface area contributed by atoms with Gasteiger partial charge in [-0.2, -0.15) is 0 Å². The van der Waals surface area contributed by atoms with E-state index >= 15 is 0 Å². The van der Waals surface area contributed by atoms with Crippen molar-refractivity contribution in [2.75, 3.05) is 31.1 Å². The van der Waals surface area contributed by atoms with E-state index in [2.05, 4.69) is 17.9 Å². The maximum atomic E-state index is 13.0. The van der Waals surface area contributed by atoms with Crippen molar-refractivity contribution in [2.45, 2.75) is 38.6 Å². The molecule has 0 saturated carbocycles. The van der Waals surface area contributed by atoms with Gasteiger partial charge in [0.1, 0.15) is 0 Å². The monoisotopic (exact) mass is 301 g/mol. The Morgan fingerprint density at radius 2 is 1.95 bits per heavy atom. The van der Waals surface area contributed by atoms with E-state index in [4.69, 9.17) is 5.73 Å². The summed E-state index contributed by atoms with van der Waals surface area (Å²) in [5.41, 5.74) is 8.16. The van der Waals surface area contributed by atoms with Crippen LogP contribution in [0.1, 0.15) is 43.0 Å². The molecule has 2 fully saturated rings. The van der Waals surface area contributed by atoms with Gasteiger partial charge in [-0.05, 0) is 37.3 Å². The van der Waals surface area contributed by atoms with Crippen molar-refractivity contribution >= 4 is 11.6 Å². The molecule has 4 heteroatoms. The smallest absolute Gasteiger partial charge is 0.256 e. The van der Waals surface area contributed by atoms with Gasteiger partial charge in [-0.3, -0.25) is 4.79 Å². The van der Waals surface area contributed by atoms with Gasteiger partial charge in [-0.25, -0.2) is 0 Å². The van der Waals surface area contributed by atoms with E-state index in [1.54, 1.807) is 0 Å². The maximum absolute atomic E-state index is 13.0. The van der Waals surface area contributed by atoms with Crippen LogP contribution in [0.25, 0.3) is 0 Å². The fourth-order valence-corrected chi connectivity index (χ4v) is 3.80. The van der Waals surface area contributed by atoms with Crippen molar-refractivity contribution in [3.63, 3.8) is 0 Å². The number of carbonyl (C=O) groups excluding carboxylic acids is 1. The third-order valence-electron chi connectivity index (χ3n) is 5.02. The van der Waals surface area contributed by atoms with Gasteiger partial charge in [0.05, 0.1) is 5.56 Å². The molecule has 1 aromatic carbocycles. The highest BCUT2D eigenvalue weighted by atomic mass is 16.2. The summed E-state index contributed by atoms with van der Waals surface area (Å²) in [6.45, 7) is 5.80. The summed E-state index contributed by atoms with van der Waals surface area (Å²) in [5.74, 6) is 0.601. The van der Waals surface area contributed by atoms with Crippen molar-refractivity contribution in [3.05, 3.63) is 29.8 Å². The number of rotatable bonds is 4. The molecule has 2 aliphatic heterocycles. The summed E-state index contributed by atoms with van der Waals surface area (Å²) in [5, 5.41) is 0. The second kappa shape index (κ2) is 6.69. The Hall–Kier alpha value is -1.55. The molecule has 0 spiro atoms. The molecule has 1 amide bonds. The number of hydrogen-bond acceptors (Lipinski definition) is 3. The molecule has 0 aromatic heterocycles. The molecule has 2 unspecified atom stereocenters. The fraction of sp³-hybridized carbons (Fsp3) is 0.611. The second-order valence-corrected chi connectivity index (χ2v) is 6.63. The van der Waals surface area contributed by atoms with Crippen molar-refractivity contribution in [3.8, 4) is 0 Å². The molecule has 3 rings (SSSR count). The average molecular weight is 301 g/mol. The van der Waals surface area contributed by atoms with E-state index in [0.29, 0.717) is 12.5 Å². The molecule has 0 bridgehead atoms. The minimum atomic E-state index is 0.128. The molecule has 1 aromatic rings. The van der Waals surface area contributed by atoms with Gasteiger partial charge in [0.15, 0.2) is 0 Å². The summed E-state index contributed by atoms with van der Waals surface area (Å²) >= 11 is 0. The quantitative estimate of drug-likeness (QED) is 0.929. The number of para-hydroxylation sites is 1. The van der Waals surface area contributed by atoms with Gasteiger partial charge in [0, 0.05) is 37.9 Å². The molecular formula is C18H27N3O. The highest BCUT2D eigenvalue weighted by molar-refractivity contribution is 6.00. The number of hydrogen-bond donors (Lipinski definition) is 1. The molecule has 2 heterocycles. The molecule has 120 valence electrons. The Morgan fingerprint density at radius 1 is 1.23 bits per heavy atom. The number of carbonyl (C=O) groups is 1. The molecule has 0 radical (unpaired) electrons. The van der Waals surface area contributed by atoms with Crippen molar-refractivity contribution < 1.29 is 4.79 Å². The van der Waals surface area contributed by atoms with E-state index in [-0.39, 0.29) is 11.9 Å². The lowest BCUT2D eigenvalue weighted by molar-refractivity contribution is 0.0786. The van der Waals surface area contributed by atoms with Crippen LogP contribution < -0.4 is 10.6 Å². The van der Waals surface area contributed by atoms with Crippen LogP contribution in [0.4, 0.5) is 5.69 Å². The summed E-state index contributed by atoms with van der Waals surface area (Å²) in [6, 6.07) is 8.17. The van der Waals surface area contributed by atoms with Crippen LogP contribution in [0.3, 0.4) is 0 Å². The molecule has 4 nitrogen and oxygen atoms in total. The number of nitrogens with two attached hydrogens (primary N) is 1. The van der Waals surface area contributed by atoms with Gasteiger partial charge in [-0.15, -0.1) is 0 Å².